The minimum atomic E-state index is -0.467. The number of nitrogens with zero attached hydrogens (tertiary/aromatic N) is 2. The zero-order valence-electron chi connectivity index (χ0n) is 16.8. The number of ether oxygens (including phenoxy) is 1. The van der Waals surface area contributed by atoms with Gasteiger partial charge in [0.25, 0.3) is 5.91 Å². The Morgan fingerprint density at radius 3 is 2.66 bits per heavy atom. The van der Waals surface area contributed by atoms with Gasteiger partial charge in [-0.3, -0.25) is 4.79 Å². The van der Waals surface area contributed by atoms with Crippen molar-refractivity contribution >= 4 is 11.9 Å². The van der Waals surface area contributed by atoms with Crippen LogP contribution in [0.1, 0.15) is 50.4 Å². The highest BCUT2D eigenvalue weighted by molar-refractivity contribution is 6.00. The second-order valence-corrected chi connectivity index (χ2v) is 6.66. The van der Waals surface area contributed by atoms with E-state index in [-0.39, 0.29) is 24.8 Å². The average molecular weight is 398 g/mol. The number of imidazole rings is 1. The molecule has 3 rings (SSSR count). The minimum absolute atomic E-state index is 0.144. The predicted octanol–water partition coefficient (Wildman–Crippen LogP) is 3.37. The Hall–Kier alpha value is -3.42. The lowest BCUT2D eigenvalue weighted by Crippen LogP contribution is -2.24. The lowest BCUT2D eigenvalue weighted by molar-refractivity contribution is 0.0525. The standard InChI is InChI=1S/C21H23FN4O3/c1-5-29-21(28)18-12(2)19(25-13(18)3)20(27)24-11-15-6-7-17(16(22)10-15)26-9-8-23-14(26)4/h6-10,25H,5,11H2,1-4H3,(H,24,27). The number of H-pyrrole nitrogens is 1. The van der Waals surface area contributed by atoms with E-state index in [0.717, 1.165) is 0 Å². The highest BCUT2D eigenvalue weighted by Gasteiger charge is 2.22. The van der Waals surface area contributed by atoms with E-state index in [1.165, 1.54) is 6.07 Å². The van der Waals surface area contributed by atoms with Crippen LogP contribution in [0.15, 0.2) is 30.6 Å². The van der Waals surface area contributed by atoms with Gasteiger partial charge in [-0.05, 0) is 51.0 Å². The second kappa shape index (κ2) is 8.30. The molecule has 1 aromatic carbocycles. The number of rotatable bonds is 6. The van der Waals surface area contributed by atoms with E-state index in [2.05, 4.69) is 15.3 Å². The van der Waals surface area contributed by atoms with Crippen LogP contribution in [0, 0.1) is 26.6 Å². The van der Waals surface area contributed by atoms with Gasteiger partial charge in [-0.1, -0.05) is 6.07 Å². The summed E-state index contributed by atoms with van der Waals surface area (Å²) in [6.07, 6.45) is 3.29. The van der Waals surface area contributed by atoms with Gasteiger partial charge < -0.3 is 19.6 Å². The summed E-state index contributed by atoms with van der Waals surface area (Å²) in [5, 5.41) is 2.75. The molecule has 1 amide bonds. The summed E-state index contributed by atoms with van der Waals surface area (Å²) in [5.74, 6) is -0.573. The molecule has 152 valence electrons. The maximum Gasteiger partial charge on any atom is 0.340 e. The van der Waals surface area contributed by atoms with Crippen molar-refractivity contribution in [2.45, 2.75) is 34.2 Å². The molecule has 0 spiro atoms. The van der Waals surface area contributed by atoms with E-state index >= 15 is 0 Å². The van der Waals surface area contributed by atoms with Crippen LogP contribution in [0.4, 0.5) is 4.39 Å². The van der Waals surface area contributed by atoms with Gasteiger partial charge >= 0.3 is 5.97 Å². The molecule has 0 saturated heterocycles. The van der Waals surface area contributed by atoms with E-state index in [0.29, 0.717) is 33.9 Å². The Bertz CT molecular complexity index is 1070. The molecule has 0 fully saturated rings. The van der Waals surface area contributed by atoms with Crippen molar-refractivity contribution in [3.8, 4) is 5.69 Å². The first-order valence-electron chi connectivity index (χ1n) is 9.26. The van der Waals surface area contributed by atoms with Crippen LogP contribution in [0.2, 0.25) is 0 Å². The molecule has 0 saturated carbocycles. The van der Waals surface area contributed by atoms with Crippen molar-refractivity contribution in [1.29, 1.82) is 0 Å². The summed E-state index contributed by atoms with van der Waals surface area (Å²) in [5.41, 5.74) is 2.75. The minimum Gasteiger partial charge on any atom is -0.462 e. The number of carbonyl (C=O) groups excluding carboxylic acids is 2. The van der Waals surface area contributed by atoms with Crippen molar-refractivity contribution in [2.75, 3.05) is 6.61 Å². The number of nitrogens with one attached hydrogen (secondary N) is 2. The fourth-order valence-corrected chi connectivity index (χ4v) is 3.25. The Balaban J connectivity index is 1.73. The maximum absolute atomic E-state index is 14.5. The van der Waals surface area contributed by atoms with E-state index in [9.17, 15) is 14.0 Å². The molecule has 0 bridgehead atoms. The van der Waals surface area contributed by atoms with E-state index in [1.54, 1.807) is 56.8 Å². The molecule has 2 heterocycles. The van der Waals surface area contributed by atoms with Crippen molar-refractivity contribution in [3.63, 3.8) is 0 Å². The topological polar surface area (TPSA) is 89.0 Å². The zero-order chi connectivity index (χ0) is 21.1. The van der Waals surface area contributed by atoms with Crippen LogP contribution < -0.4 is 5.32 Å². The summed E-state index contributed by atoms with van der Waals surface area (Å²) in [6.45, 7) is 7.31. The van der Waals surface area contributed by atoms with Gasteiger partial charge in [0.15, 0.2) is 0 Å². The van der Waals surface area contributed by atoms with E-state index in [4.69, 9.17) is 4.74 Å². The van der Waals surface area contributed by atoms with Crippen molar-refractivity contribution in [2.24, 2.45) is 0 Å². The third-order valence-corrected chi connectivity index (χ3v) is 4.69. The Morgan fingerprint density at radius 2 is 2.03 bits per heavy atom. The summed E-state index contributed by atoms with van der Waals surface area (Å²) in [7, 11) is 0. The number of hydrogen-bond donors (Lipinski definition) is 2. The molecule has 0 unspecified atom stereocenters. The first-order chi connectivity index (χ1) is 13.8. The summed E-state index contributed by atoms with van der Waals surface area (Å²) >= 11 is 0. The molecule has 2 N–H and O–H groups in total. The number of halogens is 1. The van der Waals surface area contributed by atoms with Crippen LogP contribution in [-0.2, 0) is 11.3 Å². The number of hydrogen-bond acceptors (Lipinski definition) is 4. The molecule has 0 radical (unpaired) electrons. The Labute approximate surface area is 167 Å². The van der Waals surface area contributed by atoms with Gasteiger partial charge in [-0.15, -0.1) is 0 Å². The number of aromatic amines is 1. The van der Waals surface area contributed by atoms with Gasteiger partial charge in [-0.25, -0.2) is 14.2 Å². The van der Waals surface area contributed by atoms with Crippen LogP contribution in [-0.4, -0.2) is 33.0 Å². The van der Waals surface area contributed by atoms with Crippen LogP contribution in [0.3, 0.4) is 0 Å². The summed E-state index contributed by atoms with van der Waals surface area (Å²) in [4.78, 5) is 31.7. The quantitative estimate of drug-likeness (QED) is 0.623. The fourth-order valence-electron chi connectivity index (χ4n) is 3.25. The smallest absolute Gasteiger partial charge is 0.340 e. The second-order valence-electron chi connectivity index (χ2n) is 6.66. The van der Waals surface area contributed by atoms with Crippen molar-refractivity contribution in [1.82, 2.24) is 19.9 Å². The lowest BCUT2D eigenvalue weighted by Gasteiger charge is -2.10. The van der Waals surface area contributed by atoms with Gasteiger partial charge in [-0.2, -0.15) is 0 Å². The number of benzene rings is 1. The third-order valence-electron chi connectivity index (χ3n) is 4.69. The third kappa shape index (κ3) is 4.06. The summed E-state index contributed by atoms with van der Waals surface area (Å²) in [6, 6.07) is 4.77. The number of aromatic nitrogens is 3. The molecule has 3 aromatic rings. The molecular weight excluding hydrogens is 375 g/mol. The number of carbonyl (C=O) groups is 2. The lowest BCUT2D eigenvalue weighted by atomic mass is 10.1. The molecule has 0 aliphatic heterocycles. The summed E-state index contributed by atoms with van der Waals surface area (Å²) < 4.78 is 21.2. The largest absolute Gasteiger partial charge is 0.462 e. The number of amides is 1. The van der Waals surface area contributed by atoms with Gasteiger partial charge in [0, 0.05) is 24.6 Å². The molecule has 29 heavy (non-hydrogen) atoms. The van der Waals surface area contributed by atoms with Crippen LogP contribution in [0.5, 0.6) is 0 Å². The highest BCUT2D eigenvalue weighted by atomic mass is 19.1. The van der Waals surface area contributed by atoms with Crippen molar-refractivity contribution in [3.05, 3.63) is 70.3 Å². The molecule has 2 aromatic heterocycles. The van der Waals surface area contributed by atoms with Crippen LogP contribution >= 0.6 is 0 Å². The van der Waals surface area contributed by atoms with Crippen LogP contribution in [0.25, 0.3) is 5.69 Å². The van der Waals surface area contributed by atoms with Crippen molar-refractivity contribution < 1.29 is 18.7 Å². The molecule has 7 nitrogen and oxygen atoms in total. The average Bonchev–Trinajstić information content (AvgIpc) is 3.22. The first kappa shape index (κ1) is 20.3. The number of esters is 1. The maximum atomic E-state index is 14.5. The molecule has 0 aliphatic carbocycles. The number of aryl methyl sites for hydroxylation is 2. The SMILES string of the molecule is CCOC(=O)c1c(C)[nH]c(C(=O)NCc2ccc(-n3ccnc3C)c(F)c2)c1C. The fraction of sp³-hybridized carbons (Fsp3) is 0.286. The first-order valence-corrected chi connectivity index (χ1v) is 9.26. The van der Waals surface area contributed by atoms with Gasteiger partial charge in [0.2, 0.25) is 0 Å². The Morgan fingerprint density at radius 1 is 1.28 bits per heavy atom. The predicted molar refractivity (Wildman–Crippen MR) is 106 cm³/mol. The normalized spacial score (nSPS) is 10.8. The molecular formula is C21H23FN4O3. The molecule has 0 aliphatic rings. The monoisotopic (exact) mass is 398 g/mol. The van der Waals surface area contributed by atoms with E-state index < -0.39 is 11.8 Å². The molecule has 0 atom stereocenters. The van der Waals surface area contributed by atoms with E-state index in [1.807, 2.05) is 0 Å². The highest BCUT2D eigenvalue weighted by Crippen LogP contribution is 2.20. The zero-order valence-corrected chi connectivity index (χ0v) is 16.8. The Kier molecular flexibility index (Phi) is 5.81. The van der Waals surface area contributed by atoms with Gasteiger partial charge in [0.05, 0.1) is 17.9 Å². The van der Waals surface area contributed by atoms with Gasteiger partial charge in [0.1, 0.15) is 17.3 Å². The molecule has 8 heteroatoms.